The van der Waals surface area contributed by atoms with E-state index in [1.165, 1.54) is 0 Å². The molecule has 2 heteroatoms. The molecule has 0 radical (unpaired) electrons. The summed E-state index contributed by atoms with van der Waals surface area (Å²) in [7, 11) is 0. The quantitative estimate of drug-likeness (QED) is 0.506. The van der Waals surface area contributed by atoms with Crippen LogP contribution in [0.1, 0.15) is 0 Å². The maximum atomic E-state index is 7.04. The molecule has 1 aromatic carbocycles. The van der Waals surface area contributed by atoms with Gasteiger partial charge >= 0.3 is 0 Å². The molecule has 0 atom stereocenters. The fourth-order valence-electron chi connectivity index (χ4n) is 0.483. The minimum atomic E-state index is 0.499. The van der Waals surface area contributed by atoms with Crippen LogP contribution in [0.5, 0.6) is 0 Å². The molecule has 0 aromatic heterocycles. The van der Waals surface area contributed by atoms with Crippen LogP contribution >= 0.6 is 0 Å². The molecule has 0 bridgehead atoms. The van der Waals surface area contributed by atoms with Gasteiger partial charge in [0.15, 0.2) is 0 Å². The third kappa shape index (κ3) is 0.904. The van der Waals surface area contributed by atoms with Crippen molar-refractivity contribution in [2.24, 2.45) is 0 Å². The Bertz CT molecular complexity index is 145. The first-order valence-electron chi connectivity index (χ1n) is 2.36. The van der Waals surface area contributed by atoms with Gasteiger partial charge in [-0.2, -0.15) is 0 Å². The fourth-order valence-corrected chi connectivity index (χ4v) is 0.483. The molecule has 1 rings (SSSR count). The van der Waals surface area contributed by atoms with Gasteiger partial charge in [-0.1, -0.05) is 12.1 Å². The van der Waals surface area contributed by atoms with Crippen molar-refractivity contribution in [1.82, 2.24) is 0 Å². The van der Waals surface area contributed by atoms with Crippen LogP contribution in [0.25, 0.3) is 5.73 Å². The molecular weight excluding hydrogens is 100 g/mol. The SMILES string of the molecule is [NH-]c1ccc(N)cc1. The Labute approximate surface area is 48.1 Å². The number of hydrogen-bond donors (Lipinski definition) is 1. The summed E-state index contributed by atoms with van der Waals surface area (Å²) in [6, 6.07) is 6.75. The molecule has 8 heavy (non-hydrogen) atoms. The first-order chi connectivity index (χ1) is 3.79. The normalized spacial score (nSPS) is 9.00. The molecule has 0 aliphatic rings. The Morgan fingerprint density at radius 2 is 1.62 bits per heavy atom. The van der Waals surface area contributed by atoms with Gasteiger partial charge in [0.1, 0.15) is 0 Å². The van der Waals surface area contributed by atoms with Crippen molar-refractivity contribution in [2.75, 3.05) is 5.73 Å². The molecule has 0 unspecified atom stereocenters. The second kappa shape index (κ2) is 1.74. The van der Waals surface area contributed by atoms with Crippen LogP contribution < -0.4 is 5.73 Å². The third-order valence-electron chi connectivity index (χ3n) is 0.911. The van der Waals surface area contributed by atoms with E-state index in [-0.39, 0.29) is 0 Å². The highest BCUT2D eigenvalue weighted by atomic mass is 14.6. The molecule has 0 fully saturated rings. The Morgan fingerprint density at radius 1 is 1.12 bits per heavy atom. The van der Waals surface area contributed by atoms with Crippen LogP contribution in [0, 0.1) is 0 Å². The molecule has 2 nitrogen and oxygen atoms in total. The number of nitrogen functional groups attached to an aromatic ring is 1. The molecular formula is C6H7N2-. The number of rotatable bonds is 0. The second-order valence-electron chi connectivity index (χ2n) is 1.62. The summed E-state index contributed by atoms with van der Waals surface area (Å²) in [5.41, 5.74) is 13.6. The summed E-state index contributed by atoms with van der Waals surface area (Å²) in [4.78, 5) is 0. The van der Waals surface area contributed by atoms with Crippen molar-refractivity contribution in [3.63, 3.8) is 0 Å². The highest BCUT2D eigenvalue weighted by molar-refractivity contribution is 5.50. The van der Waals surface area contributed by atoms with Crippen molar-refractivity contribution in [3.05, 3.63) is 30.0 Å². The number of hydrogen-bond acceptors (Lipinski definition) is 1. The topological polar surface area (TPSA) is 49.8 Å². The van der Waals surface area contributed by atoms with Crippen molar-refractivity contribution in [2.45, 2.75) is 0 Å². The molecule has 0 spiro atoms. The lowest BCUT2D eigenvalue weighted by molar-refractivity contribution is 1.70. The summed E-state index contributed by atoms with van der Waals surface area (Å²) in [6.45, 7) is 0. The van der Waals surface area contributed by atoms with Crippen LogP contribution in [0.15, 0.2) is 24.3 Å². The predicted octanol–water partition coefficient (Wildman–Crippen LogP) is 1.95. The van der Waals surface area contributed by atoms with Gasteiger partial charge in [0, 0.05) is 5.69 Å². The molecule has 0 saturated heterocycles. The Hall–Kier alpha value is -1.18. The van der Waals surface area contributed by atoms with Gasteiger partial charge in [-0.05, 0) is 12.1 Å². The summed E-state index contributed by atoms with van der Waals surface area (Å²) in [5, 5.41) is 0. The van der Waals surface area contributed by atoms with E-state index in [9.17, 15) is 0 Å². The predicted molar refractivity (Wildman–Crippen MR) is 34.8 cm³/mol. The number of nitrogens with two attached hydrogens (primary N) is 1. The van der Waals surface area contributed by atoms with E-state index in [0.717, 1.165) is 0 Å². The average Bonchev–Trinajstić information content (AvgIpc) is 1.77. The first-order valence-corrected chi connectivity index (χ1v) is 2.36. The van der Waals surface area contributed by atoms with Gasteiger partial charge < -0.3 is 11.5 Å². The Kier molecular flexibility index (Phi) is 1.08. The van der Waals surface area contributed by atoms with Crippen LogP contribution in [0.4, 0.5) is 11.4 Å². The highest BCUT2D eigenvalue weighted by Gasteiger charge is 1.75. The first kappa shape index (κ1) is 4.97. The number of nitrogens with one attached hydrogen (secondary N) is 1. The standard InChI is InChI=1S/C6H7N2/c7-5-1-2-6(8)4-3-5/h1-4,7H,8H2/q-1. The van der Waals surface area contributed by atoms with E-state index in [2.05, 4.69) is 0 Å². The lowest BCUT2D eigenvalue weighted by Crippen LogP contribution is -1.79. The van der Waals surface area contributed by atoms with Gasteiger partial charge in [0.25, 0.3) is 0 Å². The zero-order chi connectivity index (χ0) is 5.98. The van der Waals surface area contributed by atoms with E-state index < -0.39 is 0 Å². The largest absolute Gasteiger partial charge is 0.699 e. The maximum absolute atomic E-state index is 7.04. The van der Waals surface area contributed by atoms with Crippen LogP contribution in [0.2, 0.25) is 0 Å². The van der Waals surface area contributed by atoms with Gasteiger partial charge in [0.05, 0.1) is 0 Å². The lowest BCUT2D eigenvalue weighted by atomic mass is 10.3. The molecule has 0 saturated carbocycles. The van der Waals surface area contributed by atoms with Crippen LogP contribution in [-0.4, -0.2) is 0 Å². The van der Waals surface area contributed by atoms with E-state index in [1.54, 1.807) is 24.3 Å². The maximum Gasteiger partial charge on any atom is 0.0313 e. The van der Waals surface area contributed by atoms with Crippen LogP contribution in [-0.2, 0) is 0 Å². The summed E-state index contributed by atoms with van der Waals surface area (Å²) >= 11 is 0. The molecule has 0 heterocycles. The molecule has 42 valence electrons. The van der Waals surface area contributed by atoms with Gasteiger partial charge in [-0.25, -0.2) is 0 Å². The van der Waals surface area contributed by atoms with Gasteiger partial charge in [0.2, 0.25) is 0 Å². The zero-order valence-corrected chi connectivity index (χ0v) is 4.39. The molecule has 1 aromatic rings. The average molecular weight is 107 g/mol. The van der Waals surface area contributed by atoms with Crippen LogP contribution in [0.3, 0.4) is 0 Å². The van der Waals surface area contributed by atoms with E-state index in [4.69, 9.17) is 11.5 Å². The minimum absolute atomic E-state index is 0.499. The Balaban J connectivity index is 3.03. The lowest BCUT2D eigenvalue weighted by Gasteiger charge is -1.99. The zero-order valence-electron chi connectivity index (χ0n) is 4.39. The van der Waals surface area contributed by atoms with Crippen molar-refractivity contribution < 1.29 is 0 Å². The summed E-state index contributed by atoms with van der Waals surface area (Å²) < 4.78 is 0. The fraction of sp³-hybridized carbons (Fsp3) is 0. The van der Waals surface area contributed by atoms with E-state index in [1.807, 2.05) is 0 Å². The monoisotopic (exact) mass is 107 g/mol. The van der Waals surface area contributed by atoms with Gasteiger partial charge in [-0.15, -0.1) is 5.69 Å². The molecule has 0 aliphatic heterocycles. The molecule has 3 N–H and O–H groups in total. The second-order valence-corrected chi connectivity index (χ2v) is 1.62. The summed E-state index contributed by atoms with van der Waals surface area (Å²) in [6.07, 6.45) is 0. The number of benzene rings is 1. The molecule has 0 aliphatic carbocycles. The van der Waals surface area contributed by atoms with E-state index in [0.29, 0.717) is 11.4 Å². The molecule has 0 amide bonds. The Morgan fingerprint density at radius 3 is 2.00 bits per heavy atom. The minimum Gasteiger partial charge on any atom is -0.699 e. The van der Waals surface area contributed by atoms with Crippen molar-refractivity contribution >= 4 is 11.4 Å². The van der Waals surface area contributed by atoms with Crippen molar-refractivity contribution in [3.8, 4) is 0 Å². The highest BCUT2D eigenvalue weighted by Crippen LogP contribution is 2.10. The number of anilines is 1. The van der Waals surface area contributed by atoms with E-state index >= 15 is 0 Å². The summed E-state index contributed by atoms with van der Waals surface area (Å²) in [5.74, 6) is 0. The third-order valence-corrected chi connectivity index (χ3v) is 0.911. The smallest absolute Gasteiger partial charge is 0.0313 e. The van der Waals surface area contributed by atoms with Gasteiger partial charge in [-0.3, -0.25) is 0 Å². The van der Waals surface area contributed by atoms with Crippen molar-refractivity contribution in [1.29, 1.82) is 0 Å².